The maximum atomic E-state index is 12.6. The highest BCUT2D eigenvalue weighted by molar-refractivity contribution is 7.11. The number of aryl methyl sites for hydroxylation is 1. The molecule has 0 unspecified atom stereocenters. The van der Waals surface area contributed by atoms with Crippen molar-refractivity contribution >= 4 is 17.2 Å². The fourth-order valence-corrected chi connectivity index (χ4v) is 4.64. The summed E-state index contributed by atoms with van der Waals surface area (Å²) in [5.74, 6) is 0.789. The average molecular weight is 336 g/mol. The van der Waals surface area contributed by atoms with Crippen LogP contribution >= 0.6 is 11.3 Å². The summed E-state index contributed by atoms with van der Waals surface area (Å²) in [4.78, 5) is 23.0. The molecule has 3 rings (SSSR count). The molecule has 1 amide bonds. The molecule has 23 heavy (non-hydrogen) atoms. The highest BCUT2D eigenvalue weighted by atomic mass is 32.1. The molecule has 1 atom stereocenters. The number of thiazole rings is 1. The summed E-state index contributed by atoms with van der Waals surface area (Å²) >= 11 is 1.79. The molecule has 2 aliphatic heterocycles. The first-order valence-electron chi connectivity index (χ1n) is 9.15. The Hall–Kier alpha value is -0.940. The van der Waals surface area contributed by atoms with Crippen molar-refractivity contribution in [3.05, 3.63) is 16.1 Å². The fraction of sp³-hybridized carbons (Fsp3) is 0.778. The van der Waals surface area contributed by atoms with Crippen molar-refractivity contribution in [2.45, 2.75) is 57.8 Å². The first-order valence-corrected chi connectivity index (χ1v) is 9.96. The third kappa shape index (κ3) is 4.77. The number of carbonyl (C=O) groups is 1. The van der Waals surface area contributed by atoms with Gasteiger partial charge in [0.15, 0.2) is 0 Å². The molecule has 2 fully saturated rings. The van der Waals surface area contributed by atoms with E-state index >= 15 is 0 Å². The fourth-order valence-electron chi connectivity index (χ4n) is 3.74. The number of carbonyl (C=O) groups excluding carboxylic acids is 1. The predicted molar refractivity (Wildman–Crippen MR) is 94.9 cm³/mol. The van der Waals surface area contributed by atoms with Crippen molar-refractivity contribution in [1.82, 2.24) is 14.8 Å². The molecule has 1 aromatic rings. The molecule has 0 radical (unpaired) electrons. The lowest BCUT2D eigenvalue weighted by atomic mass is 9.98. The van der Waals surface area contributed by atoms with Gasteiger partial charge in [0.25, 0.3) is 0 Å². The van der Waals surface area contributed by atoms with Gasteiger partial charge in [0.1, 0.15) is 0 Å². The zero-order chi connectivity index (χ0) is 16.1. The number of piperidine rings is 1. The minimum atomic E-state index is 0.340. The lowest BCUT2D eigenvalue weighted by molar-refractivity contribution is -0.132. The number of nitrogens with zero attached hydrogens (tertiary/aromatic N) is 3. The summed E-state index contributed by atoms with van der Waals surface area (Å²) in [6.07, 6.45) is 10.2. The normalized spacial score (nSPS) is 23.7. The minimum Gasteiger partial charge on any atom is -0.342 e. The maximum absolute atomic E-state index is 12.6. The SMILES string of the molecule is Cc1cnc([C@H]2CCCN(C(=O)CCN3CCCCCC3)C2)s1. The summed E-state index contributed by atoms with van der Waals surface area (Å²) in [7, 11) is 0. The summed E-state index contributed by atoms with van der Waals surface area (Å²) in [5, 5.41) is 1.22. The van der Waals surface area contributed by atoms with Crippen molar-refractivity contribution in [1.29, 1.82) is 0 Å². The van der Waals surface area contributed by atoms with Gasteiger partial charge in [0.2, 0.25) is 5.91 Å². The molecule has 0 saturated carbocycles. The second-order valence-corrected chi connectivity index (χ2v) is 8.26. The van der Waals surface area contributed by atoms with Crippen molar-refractivity contribution in [2.24, 2.45) is 0 Å². The van der Waals surface area contributed by atoms with Crippen LogP contribution in [-0.4, -0.2) is 53.4 Å². The van der Waals surface area contributed by atoms with Gasteiger partial charge in [-0.3, -0.25) is 4.79 Å². The molecule has 5 heteroatoms. The summed E-state index contributed by atoms with van der Waals surface area (Å²) in [5.41, 5.74) is 0. The Morgan fingerprint density at radius 1 is 1.22 bits per heavy atom. The Morgan fingerprint density at radius 2 is 2.00 bits per heavy atom. The maximum Gasteiger partial charge on any atom is 0.223 e. The van der Waals surface area contributed by atoms with E-state index in [1.54, 1.807) is 11.3 Å². The van der Waals surface area contributed by atoms with Crippen molar-refractivity contribution in [3.8, 4) is 0 Å². The number of hydrogen-bond acceptors (Lipinski definition) is 4. The Labute approximate surface area is 143 Å². The average Bonchev–Trinajstić information content (AvgIpc) is 2.84. The molecular formula is C18H29N3OS. The Morgan fingerprint density at radius 3 is 2.70 bits per heavy atom. The van der Waals surface area contributed by atoms with E-state index in [1.165, 1.54) is 55.1 Å². The van der Waals surface area contributed by atoms with Crippen molar-refractivity contribution < 1.29 is 4.79 Å². The molecule has 0 bridgehead atoms. The van der Waals surface area contributed by atoms with Gasteiger partial charge in [0, 0.05) is 43.0 Å². The Kier molecular flexibility index (Phi) is 6.06. The zero-order valence-corrected chi connectivity index (χ0v) is 15.1. The molecule has 2 aliphatic rings. The van der Waals surface area contributed by atoms with Gasteiger partial charge < -0.3 is 9.80 Å². The predicted octanol–water partition coefficient (Wildman–Crippen LogP) is 3.42. The highest BCUT2D eigenvalue weighted by Crippen LogP contribution is 2.30. The molecule has 0 spiro atoms. The Balaban J connectivity index is 1.48. The smallest absolute Gasteiger partial charge is 0.223 e. The highest BCUT2D eigenvalue weighted by Gasteiger charge is 2.26. The molecule has 128 valence electrons. The van der Waals surface area contributed by atoms with E-state index in [2.05, 4.69) is 21.7 Å². The van der Waals surface area contributed by atoms with Gasteiger partial charge in [0.05, 0.1) is 5.01 Å². The monoisotopic (exact) mass is 335 g/mol. The number of likely N-dealkylation sites (tertiary alicyclic amines) is 2. The third-order valence-electron chi connectivity index (χ3n) is 5.10. The van der Waals surface area contributed by atoms with Gasteiger partial charge in [-0.05, 0) is 45.7 Å². The molecule has 0 aromatic carbocycles. The van der Waals surface area contributed by atoms with Crippen LogP contribution in [0.4, 0.5) is 0 Å². The van der Waals surface area contributed by atoms with E-state index in [0.717, 1.165) is 26.1 Å². The van der Waals surface area contributed by atoms with Gasteiger partial charge in [-0.25, -0.2) is 4.98 Å². The van der Waals surface area contributed by atoms with E-state index < -0.39 is 0 Å². The van der Waals surface area contributed by atoms with E-state index in [4.69, 9.17) is 0 Å². The second kappa shape index (κ2) is 8.25. The lowest BCUT2D eigenvalue weighted by Crippen LogP contribution is -2.40. The first-order chi connectivity index (χ1) is 11.2. The largest absolute Gasteiger partial charge is 0.342 e. The summed E-state index contributed by atoms with van der Waals surface area (Å²) < 4.78 is 0. The zero-order valence-electron chi connectivity index (χ0n) is 14.3. The molecule has 2 saturated heterocycles. The molecule has 0 aliphatic carbocycles. The van der Waals surface area contributed by atoms with E-state index in [-0.39, 0.29) is 0 Å². The number of hydrogen-bond donors (Lipinski definition) is 0. The van der Waals surface area contributed by atoms with Gasteiger partial charge in [-0.15, -0.1) is 11.3 Å². The van der Waals surface area contributed by atoms with Gasteiger partial charge in [-0.2, -0.15) is 0 Å². The van der Waals surface area contributed by atoms with Crippen LogP contribution in [0.5, 0.6) is 0 Å². The quantitative estimate of drug-likeness (QED) is 0.846. The van der Waals surface area contributed by atoms with Crippen LogP contribution < -0.4 is 0 Å². The van der Waals surface area contributed by atoms with Crippen LogP contribution in [0.2, 0.25) is 0 Å². The van der Waals surface area contributed by atoms with Crippen LogP contribution in [0.15, 0.2) is 6.20 Å². The minimum absolute atomic E-state index is 0.340. The first kappa shape index (κ1) is 16.9. The standard InChI is InChI=1S/C18H29N3OS/c1-15-13-19-18(23-15)16-7-6-11-21(14-16)17(22)8-12-20-9-4-2-3-5-10-20/h13,16H,2-12,14H2,1H3/t16-/m0/s1. The molecule has 3 heterocycles. The van der Waals surface area contributed by atoms with Crippen LogP contribution in [0.3, 0.4) is 0 Å². The Bertz CT molecular complexity index is 508. The molecule has 0 N–H and O–H groups in total. The molecule has 4 nitrogen and oxygen atoms in total. The lowest BCUT2D eigenvalue weighted by Gasteiger charge is -2.32. The topological polar surface area (TPSA) is 36.4 Å². The van der Waals surface area contributed by atoms with Crippen molar-refractivity contribution in [3.63, 3.8) is 0 Å². The molecule has 1 aromatic heterocycles. The summed E-state index contributed by atoms with van der Waals surface area (Å²) in [6, 6.07) is 0. The number of amides is 1. The van der Waals surface area contributed by atoms with E-state index in [1.807, 2.05) is 6.20 Å². The van der Waals surface area contributed by atoms with E-state index in [0.29, 0.717) is 18.2 Å². The van der Waals surface area contributed by atoms with Crippen LogP contribution in [0, 0.1) is 6.92 Å². The number of rotatable bonds is 4. The molecular weight excluding hydrogens is 306 g/mol. The van der Waals surface area contributed by atoms with Gasteiger partial charge in [-0.1, -0.05) is 12.8 Å². The number of aromatic nitrogens is 1. The van der Waals surface area contributed by atoms with Gasteiger partial charge >= 0.3 is 0 Å². The van der Waals surface area contributed by atoms with Crippen LogP contribution in [0.25, 0.3) is 0 Å². The van der Waals surface area contributed by atoms with Crippen molar-refractivity contribution in [2.75, 3.05) is 32.7 Å². The van der Waals surface area contributed by atoms with E-state index in [9.17, 15) is 4.79 Å². The second-order valence-electron chi connectivity index (χ2n) is 6.99. The summed E-state index contributed by atoms with van der Waals surface area (Å²) in [6.45, 7) is 7.19. The van der Waals surface area contributed by atoms with Crippen LogP contribution in [-0.2, 0) is 4.79 Å². The third-order valence-corrected chi connectivity index (χ3v) is 6.18. The van der Waals surface area contributed by atoms with Crippen LogP contribution in [0.1, 0.15) is 60.7 Å².